The average Bonchev–Trinajstić information content (AvgIpc) is 2.98. The van der Waals surface area contributed by atoms with E-state index in [1.807, 2.05) is 4.68 Å². The van der Waals surface area contributed by atoms with E-state index in [1.165, 1.54) is 0 Å². The lowest BCUT2D eigenvalue weighted by Crippen LogP contribution is -2.47. The second-order valence-electron chi connectivity index (χ2n) is 5.99. The Labute approximate surface area is 144 Å². The van der Waals surface area contributed by atoms with Crippen LogP contribution < -0.4 is 10.6 Å². The minimum atomic E-state index is 0.314. The zero-order valence-corrected chi connectivity index (χ0v) is 15.0. The third-order valence-electron chi connectivity index (χ3n) is 4.06. The quantitative estimate of drug-likeness (QED) is 0.392. The SMILES string of the molecule is CN=C(NCCCCCOC)NC1CCc2nc(COC)nn2C1. The number of aliphatic imine (C=N–C) groups is 1. The highest BCUT2D eigenvalue weighted by molar-refractivity contribution is 5.79. The number of fused-ring (bicyclic) bond motifs is 1. The zero-order valence-electron chi connectivity index (χ0n) is 15.0. The van der Waals surface area contributed by atoms with E-state index in [4.69, 9.17) is 9.47 Å². The first kappa shape index (κ1) is 18.7. The van der Waals surface area contributed by atoms with Gasteiger partial charge in [-0.1, -0.05) is 0 Å². The Kier molecular flexibility index (Phi) is 7.97. The summed E-state index contributed by atoms with van der Waals surface area (Å²) in [4.78, 5) is 8.81. The number of unbranched alkanes of at least 4 members (excludes halogenated alkanes) is 2. The van der Waals surface area contributed by atoms with Gasteiger partial charge >= 0.3 is 0 Å². The van der Waals surface area contributed by atoms with Crippen molar-refractivity contribution in [2.24, 2.45) is 4.99 Å². The number of rotatable bonds is 9. The van der Waals surface area contributed by atoms with E-state index in [2.05, 4.69) is 25.7 Å². The first-order valence-corrected chi connectivity index (χ1v) is 8.64. The van der Waals surface area contributed by atoms with Gasteiger partial charge in [-0.25, -0.2) is 9.67 Å². The Morgan fingerprint density at radius 2 is 2.17 bits per heavy atom. The third kappa shape index (κ3) is 5.76. The molecule has 1 aliphatic heterocycles. The first-order chi connectivity index (χ1) is 11.8. The highest BCUT2D eigenvalue weighted by Gasteiger charge is 2.22. The van der Waals surface area contributed by atoms with E-state index >= 15 is 0 Å². The van der Waals surface area contributed by atoms with E-state index in [0.717, 1.165) is 69.4 Å². The van der Waals surface area contributed by atoms with Crippen LogP contribution in [0, 0.1) is 0 Å². The van der Waals surface area contributed by atoms with Crippen molar-refractivity contribution in [1.29, 1.82) is 0 Å². The molecule has 1 aromatic heterocycles. The molecule has 0 aromatic carbocycles. The van der Waals surface area contributed by atoms with Crippen LogP contribution in [0.25, 0.3) is 0 Å². The molecule has 24 heavy (non-hydrogen) atoms. The predicted octanol–water partition coefficient (Wildman–Crippen LogP) is 0.721. The van der Waals surface area contributed by atoms with Crippen molar-refractivity contribution in [2.45, 2.75) is 51.3 Å². The molecule has 0 amide bonds. The van der Waals surface area contributed by atoms with Gasteiger partial charge in [0.2, 0.25) is 0 Å². The van der Waals surface area contributed by atoms with Crippen LogP contribution in [0.3, 0.4) is 0 Å². The Balaban J connectivity index is 1.73. The van der Waals surface area contributed by atoms with Gasteiger partial charge in [0, 0.05) is 46.9 Å². The lowest BCUT2D eigenvalue weighted by molar-refractivity contribution is 0.177. The molecule has 1 aliphatic rings. The van der Waals surface area contributed by atoms with Gasteiger partial charge in [-0.2, -0.15) is 5.10 Å². The van der Waals surface area contributed by atoms with Crippen LogP contribution in [-0.2, 0) is 29.0 Å². The minimum Gasteiger partial charge on any atom is -0.385 e. The molecule has 0 saturated carbocycles. The van der Waals surface area contributed by atoms with Crippen molar-refractivity contribution in [3.63, 3.8) is 0 Å². The summed E-state index contributed by atoms with van der Waals surface area (Å²) in [5.74, 6) is 2.65. The Morgan fingerprint density at radius 3 is 2.92 bits per heavy atom. The minimum absolute atomic E-state index is 0.314. The molecule has 2 rings (SSSR count). The van der Waals surface area contributed by atoms with E-state index in [9.17, 15) is 0 Å². The van der Waals surface area contributed by atoms with E-state index in [0.29, 0.717) is 12.6 Å². The molecule has 0 fully saturated rings. The van der Waals surface area contributed by atoms with Gasteiger partial charge in [-0.15, -0.1) is 0 Å². The number of hydrogen-bond acceptors (Lipinski definition) is 5. The monoisotopic (exact) mass is 338 g/mol. The van der Waals surface area contributed by atoms with Gasteiger partial charge in [0.05, 0.1) is 6.54 Å². The van der Waals surface area contributed by atoms with Gasteiger partial charge in [0.25, 0.3) is 0 Å². The average molecular weight is 338 g/mol. The second-order valence-corrected chi connectivity index (χ2v) is 5.99. The van der Waals surface area contributed by atoms with Crippen LogP contribution in [0.1, 0.15) is 37.3 Å². The molecular formula is C16H30N6O2. The van der Waals surface area contributed by atoms with Gasteiger partial charge in [-0.3, -0.25) is 4.99 Å². The van der Waals surface area contributed by atoms with Crippen LogP contribution >= 0.6 is 0 Å². The van der Waals surface area contributed by atoms with Gasteiger partial charge in [-0.05, 0) is 25.7 Å². The maximum absolute atomic E-state index is 5.10. The maximum atomic E-state index is 5.10. The number of hydrogen-bond donors (Lipinski definition) is 2. The van der Waals surface area contributed by atoms with Crippen molar-refractivity contribution in [3.8, 4) is 0 Å². The molecule has 136 valence electrons. The summed E-state index contributed by atoms with van der Waals surface area (Å²) in [6.45, 7) is 3.02. The van der Waals surface area contributed by atoms with E-state index in [1.54, 1.807) is 21.3 Å². The van der Waals surface area contributed by atoms with Crippen LogP contribution in [-0.4, -0.2) is 61.2 Å². The van der Waals surface area contributed by atoms with E-state index < -0.39 is 0 Å². The molecule has 0 saturated heterocycles. The second kappa shape index (κ2) is 10.2. The highest BCUT2D eigenvalue weighted by atomic mass is 16.5. The summed E-state index contributed by atoms with van der Waals surface area (Å²) in [6.07, 6.45) is 5.32. The van der Waals surface area contributed by atoms with Gasteiger partial charge < -0.3 is 20.1 Å². The van der Waals surface area contributed by atoms with Crippen molar-refractivity contribution in [2.75, 3.05) is 34.4 Å². The van der Waals surface area contributed by atoms with Crippen molar-refractivity contribution in [1.82, 2.24) is 25.4 Å². The molecule has 0 spiro atoms. The van der Waals surface area contributed by atoms with Crippen molar-refractivity contribution >= 4 is 5.96 Å². The molecular weight excluding hydrogens is 308 g/mol. The number of aryl methyl sites for hydroxylation is 1. The fraction of sp³-hybridized carbons (Fsp3) is 0.812. The van der Waals surface area contributed by atoms with Gasteiger partial charge in [0.1, 0.15) is 12.4 Å². The molecule has 2 N–H and O–H groups in total. The van der Waals surface area contributed by atoms with E-state index in [-0.39, 0.29) is 0 Å². The zero-order chi connectivity index (χ0) is 17.2. The lowest BCUT2D eigenvalue weighted by atomic mass is 10.1. The summed E-state index contributed by atoms with van der Waals surface area (Å²) < 4.78 is 12.1. The molecule has 1 unspecified atom stereocenters. The molecule has 0 radical (unpaired) electrons. The molecule has 0 aliphatic carbocycles. The summed E-state index contributed by atoms with van der Waals surface area (Å²) in [5, 5.41) is 11.4. The smallest absolute Gasteiger partial charge is 0.191 e. The third-order valence-corrected chi connectivity index (χ3v) is 4.06. The lowest BCUT2D eigenvalue weighted by Gasteiger charge is -2.25. The number of guanidine groups is 1. The number of aromatic nitrogens is 3. The Morgan fingerprint density at radius 1 is 1.29 bits per heavy atom. The summed E-state index contributed by atoms with van der Waals surface area (Å²) >= 11 is 0. The van der Waals surface area contributed by atoms with Crippen LogP contribution in [0.4, 0.5) is 0 Å². The standard InChI is InChI=1S/C16H30N6O2/c1-17-16(18-9-5-4-6-10-23-2)19-13-7-8-15-20-14(12-24-3)21-22(15)11-13/h13H,4-12H2,1-3H3,(H2,17,18,19). The highest BCUT2D eigenvalue weighted by Crippen LogP contribution is 2.13. The number of methoxy groups -OCH3 is 2. The molecule has 1 aromatic rings. The van der Waals surface area contributed by atoms with Crippen LogP contribution in [0.2, 0.25) is 0 Å². The first-order valence-electron chi connectivity index (χ1n) is 8.64. The van der Waals surface area contributed by atoms with Gasteiger partial charge in [0.15, 0.2) is 11.8 Å². The van der Waals surface area contributed by atoms with Crippen LogP contribution in [0.5, 0.6) is 0 Å². The molecule has 0 bridgehead atoms. The fourth-order valence-electron chi connectivity index (χ4n) is 2.81. The number of nitrogens with one attached hydrogen (secondary N) is 2. The molecule has 8 heteroatoms. The van der Waals surface area contributed by atoms with Crippen molar-refractivity contribution < 1.29 is 9.47 Å². The molecule has 8 nitrogen and oxygen atoms in total. The normalized spacial score (nSPS) is 17.6. The molecule has 1 atom stereocenters. The fourth-order valence-corrected chi connectivity index (χ4v) is 2.81. The van der Waals surface area contributed by atoms with Crippen molar-refractivity contribution in [3.05, 3.63) is 11.6 Å². The summed E-state index contributed by atoms with van der Waals surface area (Å²) in [6, 6.07) is 0.314. The summed E-state index contributed by atoms with van der Waals surface area (Å²) in [5.41, 5.74) is 0. The number of ether oxygens (including phenoxy) is 2. The Bertz CT molecular complexity index is 517. The topological polar surface area (TPSA) is 85.6 Å². The Hall–Kier alpha value is -1.67. The largest absolute Gasteiger partial charge is 0.385 e. The molecule has 2 heterocycles. The maximum Gasteiger partial charge on any atom is 0.191 e. The number of nitrogens with zero attached hydrogens (tertiary/aromatic N) is 4. The predicted molar refractivity (Wildman–Crippen MR) is 93.1 cm³/mol. The summed E-state index contributed by atoms with van der Waals surface area (Å²) in [7, 11) is 5.21. The van der Waals surface area contributed by atoms with Crippen LogP contribution in [0.15, 0.2) is 4.99 Å².